The normalized spacial score (nSPS) is 10.6. The summed E-state index contributed by atoms with van der Waals surface area (Å²) in [6.45, 7) is 2.18. The average Bonchev–Trinajstić information content (AvgIpc) is 2.48. The van der Waals surface area contributed by atoms with Crippen LogP contribution in [0.15, 0.2) is 36.4 Å². The number of halogens is 4. The van der Waals surface area contributed by atoms with Crippen molar-refractivity contribution in [3.05, 3.63) is 70.0 Å². The lowest BCUT2D eigenvalue weighted by Gasteiger charge is -2.21. The van der Waals surface area contributed by atoms with Gasteiger partial charge in [0, 0.05) is 13.1 Å². The van der Waals surface area contributed by atoms with Gasteiger partial charge in [0.25, 0.3) is 5.91 Å². The smallest absolute Gasteiger partial charge is 0.255 e. The van der Waals surface area contributed by atoms with Gasteiger partial charge in [-0.3, -0.25) is 4.79 Å². The van der Waals surface area contributed by atoms with E-state index < -0.39 is 23.4 Å². The number of hydrogen-bond acceptors (Lipinski definition) is 1. The lowest BCUT2D eigenvalue weighted by Crippen LogP contribution is -2.30. The van der Waals surface area contributed by atoms with Gasteiger partial charge < -0.3 is 4.90 Å². The van der Waals surface area contributed by atoms with Crippen LogP contribution in [0.3, 0.4) is 0 Å². The van der Waals surface area contributed by atoms with Crippen LogP contribution >= 0.6 is 11.6 Å². The molecule has 0 aromatic heterocycles. The van der Waals surface area contributed by atoms with E-state index in [1.807, 2.05) is 0 Å². The van der Waals surface area contributed by atoms with Crippen molar-refractivity contribution in [2.75, 3.05) is 6.54 Å². The number of carbonyl (C=O) groups excluding carboxylic acids is 1. The predicted molar refractivity (Wildman–Crippen MR) is 78.2 cm³/mol. The van der Waals surface area contributed by atoms with Crippen molar-refractivity contribution in [3.63, 3.8) is 0 Å². The lowest BCUT2D eigenvalue weighted by molar-refractivity contribution is 0.0752. The highest BCUT2D eigenvalue weighted by Gasteiger charge is 2.20. The molecule has 0 unspecified atom stereocenters. The molecule has 0 fully saturated rings. The minimum atomic E-state index is -1.14. The summed E-state index contributed by atoms with van der Waals surface area (Å²) in [6.07, 6.45) is 0. The zero-order valence-electron chi connectivity index (χ0n) is 11.7. The molecule has 116 valence electrons. The van der Waals surface area contributed by atoms with Gasteiger partial charge in [-0.05, 0) is 36.8 Å². The van der Waals surface area contributed by atoms with Gasteiger partial charge in [-0.15, -0.1) is 0 Å². The molecule has 2 rings (SSSR count). The molecule has 0 radical (unpaired) electrons. The molecular formula is C16H13ClF3NO. The van der Waals surface area contributed by atoms with Gasteiger partial charge in [0.05, 0.1) is 10.6 Å². The van der Waals surface area contributed by atoms with E-state index in [-0.39, 0.29) is 17.1 Å². The molecule has 0 aliphatic rings. The molecule has 0 aliphatic heterocycles. The average molecular weight is 328 g/mol. The zero-order chi connectivity index (χ0) is 16.3. The standard InChI is InChI=1S/C16H13ClF3NO/c1-2-21(9-10-4-3-5-11(18)6-10)16(22)12-7-14(19)15(20)8-13(12)17/h3-8H,2,9H2,1H3. The van der Waals surface area contributed by atoms with Gasteiger partial charge >= 0.3 is 0 Å². The largest absolute Gasteiger partial charge is 0.335 e. The summed E-state index contributed by atoms with van der Waals surface area (Å²) in [5, 5.41) is -0.165. The van der Waals surface area contributed by atoms with Crippen molar-refractivity contribution in [1.29, 1.82) is 0 Å². The SMILES string of the molecule is CCN(Cc1cccc(F)c1)C(=O)c1cc(F)c(F)cc1Cl. The molecule has 0 N–H and O–H groups in total. The van der Waals surface area contributed by atoms with E-state index in [2.05, 4.69) is 0 Å². The van der Waals surface area contributed by atoms with Crippen LogP contribution in [0.5, 0.6) is 0 Å². The molecule has 2 nitrogen and oxygen atoms in total. The summed E-state index contributed by atoms with van der Waals surface area (Å²) in [7, 11) is 0. The number of amides is 1. The molecule has 1 amide bonds. The van der Waals surface area contributed by atoms with Crippen molar-refractivity contribution < 1.29 is 18.0 Å². The van der Waals surface area contributed by atoms with E-state index in [1.54, 1.807) is 13.0 Å². The minimum absolute atomic E-state index is 0.126. The van der Waals surface area contributed by atoms with Crippen molar-refractivity contribution in [2.24, 2.45) is 0 Å². The number of nitrogens with zero attached hydrogens (tertiary/aromatic N) is 1. The highest BCUT2D eigenvalue weighted by Crippen LogP contribution is 2.22. The summed E-state index contributed by atoms with van der Waals surface area (Å²) in [5.74, 6) is -3.22. The fraction of sp³-hybridized carbons (Fsp3) is 0.188. The van der Waals surface area contributed by atoms with Gasteiger partial charge in [-0.25, -0.2) is 13.2 Å². The Hall–Kier alpha value is -2.01. The Morgan fingerprint density at radius 2 is 1.82 bits per heavy atom. The quantitative estimate of drug-likeness (QED) is 0.761. The molecule has 0 aliphatic carbocycles. The van der Waals surface area contributed by atoms with Crippen LogP contribution in [0.1, 0.15) is 22.8 Å². The molecule has 0 spiro atoms. The topological polar surface area (TPSA) is 20.3 Å². The fourth-order valence-corrected chi connectivity index (χ4v) is 2.27. The van der Waals surface area contributed by atoms with E-state index in [0.29, 0.717) is 12.1 Å². The third kappa shape index (κ3) is 3.60. The summed E-state index contributed by atoms with van der Waals surface area (Å²) < 4.78 is 39.6. The number of hydrogen-bond donors (Lipinski definition) is 0. The maximum atomic E-state index is 13.3. The molecule has 0 atom stereocenters. The first kappa shape index (κ1) is 16.4. The van der Waals surface area contributed by atoms with Gasteiger partial charge in [-0.2, -0.15) is 0 Å². The molecule has 2 aromatic rings. The van der Waals surface area contributed by atoms with Crippen LogP contribution in [0.2, 0.25) is 5.02 Å². The van der Waals surface area contributed by atoms with Crippen LogP contribution in [0, 0.1) is 17.5 Å². The van der Waals surface area contributed by atoms with Crippen LogP contribution in [-0.4, -0.2) is 17.4 Å². The number of benzene rings is 2. The predicted octanol–water partition coefficient (Wildman–Crippen LogP) is 4.42. The number of rotatable bonds is 4. The maximum absolute atomic E-state index is 13.3. The Morgan fingerprint density at radius 1 is 1.14 bits per heavy atom. The second kappa shape index (κ2) is 6.83. The highest BCUT2D eigenvalue weighted by atomic mass is 35.5. The van der Waals surface area contributed by atoms with Crippen LogP contribution < -0.4 is 0 Å². The van der Waals surface area contributed by atoms with Gasteiger partial charge in [-0.1, -0.05) is 23.7 Å². The Labute approximate surface area is 131 Å². The van der Waals surface area contributed by atoms with Gasteiger partial charge in [0.2, 0.25) is 0 Å². The van der Waals surface area contributed by atoms with Gasteiger partial charge in [0.15, 0.2) is 11.6 Å². The molecule has 0 saturated carbocycles. The van der Waals surface area contributed by atoms with Crippen molar-refractivity contribution in [1.82, 2.24) is 4.90 Å². The van der Waals surface area contributed by atoms with E-state index in [1.165, 1.54) is 23.1 Å². The molecule has 6 heteroatoms. The maximum Gasteiger partial charge on any atom is 0.255 e. The van der Waals surface area contributed by atoms with Crippen molar-refractivity contribution in [3.8, 4) is 0 Å². The third-order valence-electron chi connectivity index (χ3n) is 3.17. The molecule has 0 heterocycles. The van der Waals surface area contributed by atoms with E-state index in [9.17, 15) is 18.0 Å². The minimum Gasteiger partial charge on any atom is -0.335 e. The van der Waals surface area contributed by atoms with Crippen LogP contribution in [-0.2, 0) is 6.54 Å². The van der Waals surface area contributed by atoms with Gasteiger partial charge in [0.1, 0.15) is 5.82 Å². The summed E-state index contributed by atoms with van der Waals surface area (Å²) >= 11 is 5.81. The lowest BCUT2D eigenvalue weighted by atomic mass is 10.1. The summed E-state index contributed by atoms with van der Waals surface area (Å²) in [4.78, 5) is 13.8. The molecule has 22 heavy (non-hydrogen) atoms. The first-order valence-corrected chi connectivity index (χ1v) is 6.98. The molecule has 2 aromatic carbocycles. The van der Waals surface area contributed by atoms with E-state index in [4.69, 9.17) is 11.6 Å². The molecular weight excluding hydrogens is 315 g/mol. The highest BCUT2D eigenvalue weighted by molar-refractivity contribution is 6.33. The van der Waals surface area contributed by atoms with Crippen molar-refractivity contribution in [2.45, 2.75) is 13.5 Å². The Balaban J connectivity index is 2.27. The third-order valence-corrected chi connectivity index (χ3v) is 3.48. The molecule has 0 bridgehead atoms. The second-order valence-corrected chi connectivity index (χ2v) is 5.10. The first-order valence-electron chi connectivity index (χ1n) is 6.60. The van der Waals surface area contributed by atoms with E-state index in [0.717, 1.165) is 12.1 Å². The van der Waals surface area contributed by atoms with Crippen LogP contribution in [0.4, 0.5) is 13.2 Å². The zero-order valence-corrected chi connectivity index (χ0v) is 12.5. The van der Waals surface area contributed by atoms with Crippen LogP contribution in [0.25, 0.3) is 0 Å². The fourth-order valence-electron chi connectivity index (χ4n) is 2.04. The van der Waals surface area contributed by atoms with E-state index >= 15 is 0 Å². The molecule has 0 saturated heterocycles. The summed E-state index contributed by atoms with van der Waals surface area (Å²) in [6, 6.07) is 7.35. The summed E-state index contributed by atoms with van der Waals surface area (Å²) in [5.41, 5.74) is 0.465. The Morgan fingerprint density at radius 3 is 2.45 bits per heavy atom. The first-order chi connectivity index (χ1) is 10.4. The monoisotopic (exact) mass is 327 g/mol. The van der Waals surface area contributed by atoms with Crippen molar-refractivity contribution >= 4 is 17.5 Å². The number of carbonyl (C=O) groups is 1. The Kier molecular flexibility index (Phi) is 5.08. The Bertz CT molecular complexity index is 706. The second-order valence-electron chi connectivity index (χ2n) is 4.70.